The van der Waals surface area contributed by atoms with Gasteiger partial charge in [-0.25, -0.2) is 0 Å². The van der Waals surface area contributed by atoms with Gasteiger partial charge in [-0.05, 0) is 19.8 Å². The Morgan fingerprint density at radius 3 is 2.31 bits per heavy atom. The van der Waals surface area contributed by atoms with Gasteiger partial charge in [-0.1, -0.05) is 64.7 Å². The third kappa shape index (κ3) is 11.2. The van der Waals surface area contributed by atoms with E-state index in [-0.39, 0.29) is 14.9 Å². The van der Waals surface area contributed by atoms with E-state index in [1.807, 2.05) is 12.2 Å². The summed E-state index contributed by atoms with van der Waals surface area (Å²) in [6.45, 7) is 7.93. The summed E-state index contributed by atoms with van der Waals surface area (Å²) in [5.41, 5.74) is 1.41. The van der Waals surface area contributed by atoms with Crippen LogP contribution in [0.15, 0.2) is 36.5 Å². The summed E-state index contributed by atoms with van der Waals surface area (Å²) >= 11 is 0. The third-order valence-electron chi connectivity index (χ3n) is 1.64. The average molecular weight is 182 g/mol. The molecule has 0 aliphatic heterocycles. The zero-order valence-corrected chi connectivity index (χ0v) is 7.64. The predicted octanol–water partition coefficient (Wildman–Crippen LogP) is 5.14. The van der Waals surface area contributed by atoms with Crippen molar-refractivity contribution in [2.45, 2.75) is 48.0 Å². The first-order valence-electron chi connectivity index (χ1n) is 4.29. The molecule has 0 N–H and O–H groups in total. The van der Waals surface area contributed by atoms with Crippen LogP contribution in [0.4, 0.5) is 0 Å². The van der Waals surface area contributed by atoms with Crippen LogP contribution in [-0.4, -0.2) is 0 Å². The maximum Gasteiger partial charge on any atom is -0.0282 e. The molecule has 0 fully saturated rings. The molecule has 78 valence electrons. The zero-order valence-electron chi connectivity index (χ0n) is 7.64. The molecule has 0 heterocycles. The molecule has 0 unspecified atom stereocenters. The summed E-state index contributed by atoms with van der Waals surface area (Å²) in [5.74, 6) is 0. The van der Waals surface area contributed by atoms with Crippen molar-refractivity contribution < 1.29 is 0 Å². The van der Waals surface area contributed by atoms with E-state index in [0.29, 0.717) is 0 Å². The van der Waals surface area contributed by atoms with Crippen LogP contribution >= 0.6 is 0 Å². The van der Waals surface area contributed by atoms with Crippen molar-refractivity contribution in [1.82, 2.24) is 0 Å². The van der Waals surface area contributed by atoms with Crippen LogP contribution in [0, 0.1) is 0 Å². The van der Waals surface area contributed by atoms with E-state index in [1.54, 1.807) is 0 Å². The van der Waals surface area contributed by atoms with Crippen LogP contribution < -0.4 is 0 Å². The highest BCUT2D eigenvalue weighted by Crippen LogP contribution is 2.08. The predicted molar refractivity (Wildman–Crippen MR) is 66.1 cm³/mol. The van der Waals surface area contributed by atoms with Crippen LogP contribution in [-0.2, 0) is 0 Å². The lowest BCUT2D eigenvalue weighted by Crippen LogP contribution is -1.77. The minimum Gasteiger partial charge on any atom is -0.0991 e. The lowest BCUT2D eigenvalue weighted by Gasteiger charge is -1.97. The maximum absolute atomic E-state index is 3.63. The third-order valence-corrected chi connectivity index (χ3v) is 1.64. The second kappa shape index (κ2) is 13.8. The Hall–Kier alpha value is -0.780. The van der Waals surface area contributed by atoms with Crippen LogP contribution in [0.5, 0.6) is 0 Å². The lowest BCUT2D eigenvalue weighted by molar-refractivity contribution is 0.797. The summed E-state index contributed by atoms with van der Waals surface area (Å²) < 4.78 is 0. The first kappa shape index (κ1) is 18.1. The second-order valence-corrected chi connectivity index (χ2v) is 2.56. The Bertz CT molecular complexity index is 149. The summed E-state index contributed by atoms with van der Waals surface area (Å²) in [4.78, 5) is 0. The highest BCUT2D eigenvalue weighted by atomic mass is 13.9. The Labute approximate surface area is 85.1 Å². The van der Waals surface area contributed by atoms with Crippen molar-refractivity contribution in [2.24, 2.45) is 0 Å². The number of hydrogen-bond donors (Lipinski definition) is 0. The van der Waals surface area contributed by atoms with Gasteiger partial charge in [0.1, 0.15) is 0 Å². The molecule has 0 radical (unpaired) electrons. The van der Waals surface area contributed by atoms with Crippen molar-refractivity contribution in [3.8, 4) is 0 Å². The molecule has 0 nitrogen and oxygen atoms in total. The van der Waals surface area contributed by atoms with E-state index in [0.717, 1.165) is 0 Å². The summed E-state index contributed by atoms with van der Waals surface area (Å²) in [5, 5.41) is 0. The molecule has 0 aliphatic carbocycles. The molecule has 0 aromatic rings. The van der Waals surface area contributed by atoms with E-state index in [1.165, 1.54) is 24.8 Å². The molecule has 0 heteroatoms. The van der Waals surface area contributed by atoms with Gasteiger partial charge < -0.3 is 0 Å². The van der Waals surface area contributed by atoms with Gasteiger partial charge in [0.05, 0.1) is 0 Å². The second-order valence-electron chi connectivity index (χ2n) is 2.56. The smallest absolute Gasteiger partial charge is 0.0282 e. The van der Waals surface area contributed by atoms with Crippen molar-refractivity contribution in [1.29, 1.82) is 0 Å². The van der Waals surface area contributed by atoms with Gasteiger partial charge in [0.2, 0.25) is 0 Å². The fourth-order valence-corrected chi connectivity index (χ4v) is 0.896. The summed E-state index contributed by atoms with van der Waals surface area (Å²) in [6, 6.07) is 0. The Morgan fingerprint density at radius 2 is 1.92 bits per heavy atom. The average Bonchev–Trinajstić information content (AvgIpc) is 2.05. The molecular formula is C13H26. The van der Waals surface area contributed by atoms with Crippen molar-refractivity contribution in [2.75, 3.05) is 0 Å². The van der Waals surface area contributed by atoms with E-state index in [4.69, 9.17) is 0 Å². The molecule has 0 aliphatic rings. The van der Waals surface area contributed by atoms with Gasteiger partial charge in [0.25, 0.3) is 0 Å². The summed E-state index contributed by atoms with van der Waals surface area (Å²) in [7, 11) is 0. The Balaban J connectivity index is -0.000000500. The molecule has 0 bridgehead atoms. The molecule has 0 atom stereocenters. The maximum atomic E-state index is 3.63. The highest BCUT2D eigenvalue weighted by molar-refractivity contribution is 5.20. The quantitative estimate of drug-likeness (QED) is 0.517. The molecule has 0 rings (SSSR count). The van der Waals surface area contributed by atoms with Crippen LogP contribution in [0.1, 0.15) is 48.0 Å². The fourth-order valence-electron chi connectivity index (χ4n) is 0.896. The number of hydrogen-bond acceptors (Lipinski definition) is 0. The van der Waals surface area contributed by atoms with Gasteiger partial charge in [0, 0.05) is 0 Å². The molecule has 0 aromatic heterocycles. The number of allylic oxidation sites excluding steroid dienone is 5. The first-order valence-corrected chi connectivity index (χ1v) is 4.29. The van der Waals surface area contributed by atoms with E-state index in [9.17, 15) is 0 Å². The molecule has 0 saturated heterocycles. The Morgan fingerprint density at radius 1 is 1.31 bits per heavy atom. The molecule has 0 saturated carbocycles. The van der Waals surface area contributed by atoms with E-state index < -0.39 is 0 Å². The monoisotopic (exact) mass is 182 g/mol. The van der Waals surface area contributed by atoms with Gasteiger partial charge >= 0.3 is 0 Å². The topological polar surface area (TPSA) is 0 Å². The fraction of sp³-hybridized carbons (Fsp3) is 0.538. The lowest BCUT2D eigenvalue weighted by atomic mass is 10.1. The van der Waals surface area contributed by atoms with Crippen LogP contribution in [0.2, 0.25) is 0 Å². The summed E-state index contributed by atoms with van der Waals surface area (Å²) in [6.07, 6.45) is 11.8. The number of unbranched alkanes of at least 4 members (excludes halogenated alkanes) is 1. The Kier molecular flexibility index (Phi) is 19.2. The molecule has 0 spiro atoms. The minimum atomic E-state index is 0. The highest BCUT2D eigenvalue weighted by Gasteiger charge is 1.88. The van der Waals surface area contributed by atoms with Gasteiger partial charge in [-0.3, -0.25) is 0 Å². The van der Waals surface area contributed by atoms with E-state index in [2.05, 4.69) is 32.6 Å². The molecular weight excluding hydrogens is 156 g/mol. The first-order chi connectivity index (χ1) is 5.35. The largest absolute Gasteiger partial charge is 0.0991 e. The zero-order chi connectivity index (χ0) is 8.53. The van der Waals surface area contributed by atoms with E-state index >= 15 is 0 Å². The van der Waals surface area contributed by atoms with Crippen molar-refractivity contribution >= 4 is 0 Å². The van der Waals surface area contributed by atoms with Gasteiger partial charge in [-0.15, -0.1) is 0 Å². The van der Waals surface area contributed by atoms with Crippen LogP contribution in [0.3, 0.4) is 0 Å². The molecule has 13 heavy (non-hydrogen) atoms. The van der Waals surface area contributed by atoms with Crippen LogP contribution in [0.25, 0.3) is 0 Å². The SMILES string of the molecule is C.C.C=C/C=C\C(=C/C)CCCC. The van der Waals surface area contributed by atoms with Gasteiger partial charge in [-0.2, -0.15) is 0 Å². The van der Waals surface area contributed by atoms with Crippen molar-refractivity contribution in [3.05, 3.63) is 36.5 Å². The normalized spacial score (nSPS) is 10.5. The molecule has 0 aromatic carbocycles. The molecule has 0 amide bonds. The van der Waals surface area contributed by atoms with Gasteiger partial charge in [0.15, 0.2) is 0 Å². The minimum absolute atomic E-state index is 0. The van der Waals surface area contributed by atoms with Crippen molar-refractivity contribution in [3.63, 3.8) is 0 Å². The number of rotatable bonds is 5. The standard InChI is InChI=1S/C11H18.2CH4/c1-4-7-9-11(6-3)10-8-5-2;;/h4,6-7,9H,1,5,8,10H2,2-3H3;2*1H4/b9-7-,11-6+;;.